The number of nitrogens with zero attached hydrogens (tertiary/aromatic N) is 3. The summed E-state index contributed by atoms with van der Waals surface area (Å²) in [5.41, 5.74) is 3.65. The number of hydrogen-bond donors (Lipinski definition) is 0. The molecule has 30 heavy (non-hydrogen) atoms. The molecule has 148 valence electrons. The summed E-state index contributed by atoms with van der Waals surface area (Å²) in [6, 6.07) is 20.7. The lowest BCUT2D eigenvalue weighted by atomic mass is 9.88. The Morgan fingerprint density at radius 1 is 0.833 bits per heavy atom. The number of anilines is 2. The molecule has 6 heteroatoms. The summed E-state index contributed by atoms with van der Waals surface area (Å²) < 4.78 is 6.21. The second kappa shape index (κ2) is 6.50. The zero-order valence-electron chi connectivity index (χ0n) is 16.1. The number of aromatic nitrogens is 1. The average Bonchev–Trinajstić information content (AvgIpc) is 3.28. The van der Waals surface area contributed by atoms with Crippen molar-refractivity contribution in [1.29, 1.82) is 0 Å². The van der Waals surface area contributed by atoms with Crippen LogP contribution < -0.4 is 9.80 Å². The Morgan fingerprint density at radius 3 is 2.33 bits per heavy atom. The first-order valence-electron chi connectivity index (χ1n) is 10.1. The molecule has 0 spiro atoms. The lowest BCUT2D eigenvalue weighted by Crippen LogP contribution is -2.45. The van der Waals surface area contributed by atoms with Crippen LogP contribution in [-0.2, 0) is 20.9 Å². The van der Waals surface area contributed by atoms with Crippen molar-refractivity contribution in [3.8, 4) is 0 Å². The molecular weight excluding hydrogens is 378 g/mol. The predicted molar refractivity (Wildman–Crippen MR) is 110 cm³/mol. The number of pyridine rings is 1. The Kier molecular flexibility index (Phi) is 3.76. The maximum Gasteiger partial charge on any atom is 0.242 e. The number of amides is 2. The summed E-state index contributed by atoms with van der Waals surface area (Å²) in [6.07, 6.45) is 2.98. The monoisotopic (exact) mass is 397 g/mol. The van der Waals surface area contributed by atoms with Crippen molar-refractivity contribution in [3.63, 3.8) is 0 Å². The fourth-order valence-corrected chi connectivity index (χ4v) is 5.14. The van der Waals surface area contributed by atoms with Crippen LogP contribution in [0.4, 0.5) is 11.4 Å². The molecule has 0 unspecified atom stereocenters. The van der Waals surface area contributed by atoms with Crippen LogP contribution in [0, 0.1) is 11.8 Å². The van der Waals surface area contributed by atoms with Crippen LogP contribution in [0.3, 0.4) is 0 Å². The van der Waals surface area contributed by atoms with Gasteiger partial charge in [0.05, 0.1) is 30.2 Å². The van der Waals surface area contributed by atoms with Gasteiger partial charge in [-0.3, -0.25) is 14.6 Å². The van der Waals surface area contributed by atoms with Gasteiger partial charge >= 0.3 is 0 Å². The number of carbonyl (C=O) groups is 2. The minimum atomic E-state index is -0.552. The fraction of sp³-hybridized carbons (Fsp3) is 0.208. The van der Waals surface area contributed by atoms with Crippen LogP contribution in [0.1, 0.15) is 17.2 Å². The van der Waals surface area contributed by atoms with Gasteiger partial charge in [-0.15, -0.1) is 0 Å². The molecule has 6 nitrogen and oxygen atoms in total. The van der Waals surface area contributed by atoms with Crippen LogP contribution in [0.2, 0.25) is 0 Å². The predicted octanol–water partition coefficient (Wildman–Crippen LogP) is 3.31. The van der Waals surface area contributed by atoms with E-state index in [4.69, 9.17) is 4.74 Å². The van der Waals surface area contributed by atoms with Crippen LogP contribution in [0.5, 0.6) is 0 Å². The first-order chi connectivity index (χ1) is 14.8. The standard InChI is InChI=1S/C24H19N3O3/c28-22-19-20(23(29)26(22)17-7-2-1-3-8-17)24-27(21(19)15-10-12-25-13-11-15)18-9-5-4-6-16(18)14-30-24/h1-13,19-21,24H,14H2/t19-,20-,21+,24+/m0/s1. The zero-order valence-corrected chi connectivity index (χ0v) is 16.1. The Morgan fingerprint density at radius 2 is 1.53 bits per heavy atom. The zero-order chi connectivity index (χ0) is 20.2. The van der Waals surface area contributed by atoms with E-state index in [1.807, 2.05) is 54.6 Å². The smallest absolute Gasteiger partial charge is 0.242 e. The van der Waals surface area contributed by atoms with Crippen molar-refractivity contribution in [2.75, 3.05) is 9.80 Å². The molecular formula is C24H19N3O3. The molecule has 2 amide bonds. The van der Waals surface area contributed by atoms with Crippen LogP contribution in [0.15, 0.2) is 79.1 Å². The van der Waals surface area contributed by atoms with Crippen molar-refractivity contribution in [1.82, 2.24) is 4.98 Å². The van der Waals surface area contributed by atoms with E-state index in [0.29, 0.717) is 12.3 Å². The molecule has 0 bridgehead atoms. The van der Waals surface area contributed by atoms with E-state index in [2.05, 4.69) is 9.88 Å². The molecule has 4 heterocycles. The molecule has 0 radical (unpaired) electrons. The number of imide groups is 1. The summed E-state index contributed by atoms with van der Waals surface area (Å²) in [5.74, 6) is -1.43. The van der Waals surface area contributed by atoms with Gasteiger partial charge in [0, 0.05) is 23.6 Å². The third-order valence-corrected chi connectivity index (χ3v) is 6.36. The van der Waals surface area contributed by atoms with Gasteiger partial charge in [-0.25, -0.2) is 4.90 Å². The number of carbonyl (C=O) groups excluding carboxylic acids is 2. The maximum absolute atomic E-state index is 13.6. The molecule has 3 aromatic rings. The van der Waals surface area contributed by atoms with Gasteiger partial charge in [0.1, 0.15) is 6.23 Å². The highest BCUT2D eigenvalue weighted by Crippen LogP contribution is 2.54. The minimum absolute atomic E-state index is 0.173. The van der Waals surface area contributed by atoms with Crippen LogP contribution in [0.25, 0.3) is 0 Å². The summed E-state index contributed by atoms with van der Waals surface area (Å²) in [4.78, 5) is 34.8. The van der Waals surface area contributed by atoms with Gasteiger partial charge in [0.2, 0.25) is 11.8 Å². The summed E-state index contributed by atoms with van der Waals surface area (Å²) in [6.45, 7) is 0.427. The van der Waals surface area contributed by atoms with Gasteiger partial charge in [-0.05, 0) is 35.9 Å². The van der Waals surface area contributed by atoms with E-state index in [1.165, 1.54) is 4.90 Å². The summed E-state index contributed by atoms with van der Waals surface area (Å²) in [5, 5.41) is 0. The van der Waals surface area contributed by atoms with E-state index in [-0.39, 0.29) is 17.9 Å². The lowest BCUT2D eigenvalue weighted by molar-refractivity contribution is -0.125. The molecule has 2 fully saturated rings. The van der Waals surface area contributed by atoms with E-state index >= 15 is 0 Å². The topological polar surface area (TPSA) is 62.7 Å². The van der Waals surface area contributed by atoms with Gasteiger partial charge in [-0.2, -0.15) is 0 Å². The number of ether oxygens (including phenoxy) is 1. The van der Waals surface area contributed by atoms with E-state index < -0.39 is 18.1 Å². The molecule has 3 aliphatic rings. The number of benzene rings is 2. The molecule has 0 aliphatic carbocycles. The molecule has 6 rings (SSSR count). The molecule has 1 aromatic heterocycles. The van der Waals surface area contributed by atoms with Crippen molar-refractivity contribution in [3.05, 3.63) is 90.3 Å². The van der Waals surface area contributed by atoms with E-state index in [0.717, 1.165) is 16.8 Å². The first-order valence-corrected chi connectivity index (χ1v) is 10.1. The molecule has 0 N–H and O–H groups in total. The quantitative estimate of drug-likeness (QED) is 0.621. The Balaban J connectivity index is 1.52. The van der Waals surface area contributed by atoms with Crippen molar-refractivity contribution >= 4 is 23.2 Å². The lowest BCUT2D eigenvalue weighted by Gasteiger charge is -2.39. The van der Waals surface area contributed by atoms with Crippen molar-refractivity contribution < 1.29 is 14.3 Å². The summed E-state index contributed by atoms with van der Waals surface area (Å²) >= 11 is 0. The van der Waals surface area contributed by atoms with Gasteiger partial charge in [-0.1, -0.05) is 36.4 Å². The third-order valence-electron chi connectivity index (χ3n) is 6.36. The minimum Gasteiger partial charge on any atom is -0.353 e. The largest absolute Gasteiger partial charge is 0.353 e. The highest BCUT2D eigenvalue weighted by molar-refractivity contribution is 6.23. The number of rotatable bonds is 2. The van der Waals surface area contributed by atoms with Crippen LogP contribution >= 0.6 is 0 Å². The normalized spacial score (nSPS) is 27.1. The second-order valence-corrected chi connectivity index (χ2v) is 7.86. The highest BCUT2D eigenvalue weighted by atomic mass is 16.5. The number of fused-ring (bicyclic) bond motifs is 5. The molecule has 0 saturated carbocycles. The van der Waals surface area contributed by atoms with Gasteiger partial charge in [0.25, 0.3) is 0 Å². The number of para-hydroxylation sites is 2. The fourth-order valence-electron chi connectivity index (χ4n) is 5.14. The first kappa shape index (κ1) is 17.4. The average molecular weight is 397 g/mol. The van der Waals surface area contributed by atoms with E-state index in [1.54, 1.807) is 24.5 Å². The van der Waals surface area contributed by atoms with Crippen LogP contribution in [-0.4, -0.2) is 23.0 Å². The van der Waals surface area contributed by atoms with Gasteiger partial charge in [0.15, 0.2) is 0 Å². The summed E-state index contributed by atoms with van der Waals surface area (Å²) in [7, 11) is 0. The second-order valence-electron chi connectivity index (χ2n) is 7.86. The third kappa shape index (κ3) is 2.31. The highest BCUT2D eigenvalue weighted by Gasteiger charge is 2.64. The van der Waals surface area contributed by atoms with Crippen molar-refractivity contribution in [2.24, 2.45) is 11.8 Å². The molecule has 3 aliphatic heterocycles. The number of hydrogen-bond acceptors (Lipinski definition) is 5. The Hall–Kier alpha value is -3.51. The van der Waals surface area contributed by atoms with E-state index in [9.17, 15) is 9.59 Å². The Bertz CT molecular complexity index is 1130. The molecule has 2 saturated heterocycles. The molecule has 2 aromatic carbocycles. The SMILES string of the molecule is O=C1[C@@H]2[C@H](C(=O)N1c1ccccc1)[C@@H](c1ccncc1)N1c3ccccc3CO[C@H]21. The molecule has 4 atom stereocenters. The van der Waals surface area contributed by atoms with Crippen molar-refractivity contribution in [2.45, 2.75) is 18.9 Å². The van der Waals surface area contributed by atoms with Gasteiger partial charge < -0.3 is 9.64 Å². The maximum atomic E-state index is 13.6. The Labute approximate surface area is 173 Å².